The van der Waals surface area contributed by atoms with Crippen LogP contribution in [0.15, 0.2) is 36.5 Å². The standard InChI is InChI=1S/C15H21N5/c1-19(2)15-17-8-7-14(18-15)20(3)11-13-6-4-5-12(9-13)10-16/h4-9H,10-11,16H2,1-3H3. The number of rotatable bonds is 5. The van der Waals surface area contributed by atoms with Gasteiger partial charge in [-0.2, -0.15) is 4.98 Å². The summed E-state index contributed by atoms with van der Waals surface area (Å²) in [5.74, 6) is 1.62. The Morgan fingerprint density at radius 1 is 1.10 bits per heavy atom. The summed E-state index contributed by atoms with van der Waals surface area (Å²) in [6.07, 6.45) is 1.78. The highest BCUT2D eigenvalue weighted by Gasteiger charge is 2.07. The number of nitrogens with two attached hydrogens (primary N) is 1. The molecule has 0 unspecified atom stereocenters. The highest BCUT2D eigenvalue weighted by atomic mass is 15.3. The van der Waals surface area contributed by atoms with Gasteiger partial charge in [0.25, 0.3) is 0 Å². The van der Waals surface area contributed by atoms with Crippen LogP contribution < -0.4 is 15.5 Å². The lowest BCUT2D eigenvalue weighted by molar-refractivity contribution is 0.877. The zero-order valence-corrected chi connectivity index (χ0v) is 12.2. The van der Waals surface area contributed by atoms with Crippen LogP contribution in [0.5, 0.6) is 0 Å². The molecule has 1 aromatic carbocycles. The first-order valence-electron chi connectivity index (χ1n) is 6.59. The van der Waals surface area contributed by atoms with E-state index in [0.29, 0.717) is 12.5 Å². The van der Waals surface area contributed by atoms with Crippen molar-refractivity contribution in [2.24, 2.45) is 5.73 Å². The van der Waals surface area contributed by atoms with Crippen molar-refractivity contribution in [2.75, 3.05) is 30.9 Å². The molecule has 5 nitrogen and oxygen atoms in total. The first-order chi connectivity index (χ1) is 9.60. The number of nitrogens with zero attached hydrogens (tertiary/aromatic N) is 4. The third-order valence-corrected chi connectivity index (χ3v) is 3.07. The van der Waals surface area contributed by atoms with Gasteiger partial charge in [0.05, 0.1) is 0 Å². The fourth-order valence-corrected chi connectivity index (χ4v) is 1.98. The van der Waals surface area contributed by atoms with Gasteiger partial charge in [0.15, 0.2) is 0 Å². The molecule has 2 N–H and O–H groups in total. The van der Waals surface area contributed by atoms with Crippen LogP contribution >= 0.6 is 0 Å². The summed E-state index contributed by atoms with van der Waals surface area (Å²) in [4.78, 5) is 12.8. The molecule has 0 aliphatic rings. The molecule has 0 aliphatic carbocycles. The molecule has 2 aromatic rings. The first kappa shape index (κ1) is 14.3. The summed E-state index contributed by atoms with van der Waals surface area (Å²) >= 11 is 0. The smallest absolute Gasteiger partial charge is 0.226 e. The molecule has 0 fully saturated rings. The number of benzene rings is 1. The normalized spacial score (nSPS) is 10.4. The number of hydrogen-bond acceptors (Lipinski definition) is 5. The van der Waals surface area contributed by atoms with Crippen molar-refractivity contribution >= 4 is 11.8 Å². The summed E-state index contributed by atoms with van der Waals surface area (Å²) < 4.78 is 0. The third kappa shape index (κ3) is 3.45. The molecule has 0 bridgehead atoms. The molecule has 0 saturated heterocycles. The zero-order valence-electron chi connectivity index (χ0n) is 12.2. The van der Waals surface area contributed by atoms with E-state index in [4.69, 9.17) is 5.73 Å². The Balaban J connectivity index is 2.14. The molecule has 0 spiro atoms. The van der Waals surface area contributed by atoms with Crippen LogP contribution in [0.4, 0.5) is 11.8 Å². The number of hydrogen-bond donors (Lipinski definition) is 1. The Morgan fingerprint density at radius 3 is 2.55 bits per heavy atom. The monoisotopic (exact) mass is 271 g/mol. The van der Waals surface area contributed by atoms with E-state index in [2.05, 4.69) is 27.0 Å². The van der Waals surface area contributed by atoms with Crippen LogP contribution in [0.3, 0.4) is 0 Å². The van der Waals surface area contributed by atoms with Gasteiger partial charge in [0, 0.05) is 40.4 Å². The second-order valence-corrected chi connectivity index (χ2v) is 4.99. The molecular formula is C15H21N5. The molecule has 0 aliphatic heterocycles. The minimum atomic E-state index is 0.565. The summed E-state index contributed by atoms with van der Waals surface area (Å²) in [6.45, 7) is 1.35. The Labute approximate surface area is 120 Å². The lowest BCUT2D eigenvalue weighted by atomic mass is 10.1. The molecule has 106 valence electrons. The van der Waals surface area contributed by atoms with E-state index in [1.165, 1.54) is 5.56 Å². The van der Waals surface area contributed by atoms with Crippen molar-refractivity contribution in [1.29, 1.82) is 0 Å². The Kier molecular flexibility index (Phi) is 4.53. The second-order valence-electron chi connectivity index (χ2n) is 4.99. The molecule has 0 saturated carbocycles. The van der Waals surface area contributed by atoms with E-state index in [-0.39, 0.29) is 0 Å². The van der Waals surface area contributed by atoms with Gasteiger partial charge < -0.3 is 15.5 Å². The number of anilines is 2. The third-order valence-electron chi connectivity index (χ3n) is 3.07. The topological polar surface area (TPSA) is 58.3 Å². The van der Waals surface area contributed by atoms with Crippen LogP contribution in [-0.2, 0) is 13.1 Å². The first-order valence-corrected chi connectivity index (χ1v) is 6.59. The molecule has 5 heteroatoms. The minimum absolute atomic E-state index is 0.565. The second kappa shape index (κ2) is 6.34. The van der Waals surface area contributed by atoms with Crippen LogP contribution in [-0.4, -0.2) is 31.1 Å². The van der Waals surface area contributed by atoms with Crippen molar-refractivity contribution in [1.82, 2.24) is 9.97 Å². The lowest BCUT2D eigenvalue weighted by Gasteiger charge is -2.20. The van der Waals surface area contributed by atoms with Crippen LogP contribution in [0.1, 0.15) is 11.1 Å². The van der Waals surface area contributed by atoms with Gasteiger partial charge in [-0.25, -0.2) is 4.98 Å². The van der Waals surface area contributed by atoms with Gasteiger partial charge in [0.2, 0.25) is 5.95 Å². The Morgan fingerprint density at radius 2 is 1.85 bits per heavy atom. The summed E-state index contributed by atoms with van der Waals surface area (Å²) in [5, 5.41) is 0. The van der Waals surface area contributed by atoms with E-state index < -0.39 is 0 Å². The van der Waals surface area contributed by atoms with Crippen molar-refractivity contribution < 1.29 is 0 Å². The van der Waals surface area contributed by atoms with Gasteiger partial charge in [0.1, 0.15) is 5.82 Å². The van der Waals surface area contributed by atoms with Gasteiger partial charge in [-0.1, -0.05) is 24.3 Å². The summed E-state index contributed by atoms with van der Waals surface area (Å²) in [7, 11) is 5.89. The molecule has 1 aromatic heterocycles. The molecular weight excluding hydrogens is 250 g/mol. The molecule has 2 rings (SSSR count). The quantitative estimate of drug-likeness (QED) is 0.896. The van der Waals surface area contributed by atoms with Gasteiger partial charge in [-0.15, -0.1) is 0 Å². The van der Waals surface area contributed by atoms with Crippen LogP contribution in [0.2, 0.25) is 0 Å². The number of aromatic nitrogens is 2. The average molecular weight is 271 g/mol. The predicted molar refractivity (Wildman–Crippen MR) is 82.8 cm³/mol. The fourth-order valence-electron chi connectivity index (χ4n) is 1.98. The summed E-state index contributed by atoms with van der Waals surface area (Å²) in [6, 6.07) is 10.2. The van der Waals surface area contributed by atoms with E-state index in [9.17, 15) is 0 Å². The van der Waals surface area contributed by atoms with Crippen molar-refractivity contribution in [3.8, 4) is 0 Å². The van der Waals surface area contributed by atoms with Crippen LogP contribution in [0.25, 0.3) is 0 Å². The van der Waals surface area contributed by atoms with Crippen molar-refractivity contribution in [3.05, 3.63) is 47.7 Å². The Hall–Kier alpha value is -2.14. The van der Waals surface area contributed by atoms with Crippen molar-refractivity contribution in [2.45, 2.75) is 13.1 Å². The molecule has 1 heterocycles. The Bertz CT molecular complexity index is 568. The largest absolute Gasteiger partial charge is 0.355 e. The van der Waals surface area contributed by atoms with Gasteiger partial charge >= 0.3 is 0 Å². The molecule has 0 radical (unpaired) electrons. The van der Waals surface area contributed by atoms with E-state index in [1.807, 2.05) is 44.2 Å². The average Bonchev–Trinajstić information content (AvgIpc) is 2.47. The van der Waals surface area contributed by atoms with Crippen LogP contribution in [0, 0.1) is 0 Å². The maximum absolute atomic E-state index is 5.67. The fraction of sp³-hybridized carbons (Fsp3) is 0.333. The predicted octanol–water partition coefficient (Wildman–Crippen LogP) is 1.64. The molecule has 0 atom stereocenters. The lowest BCUT2D eigenvalue weighted by Crippen LogP contribution is -2.20. The van der Waals surface area contributed by atoms with E-state index >= 15 is 0 Å². The van der Waals surface area contributed by atoms with E-state index in [1.54, 1.807) is 6.20 Å². The van der Waals surface area contributed by atoms with Crippen molar-refractivity contribution in [3.63, 3.8) is 0 Å². The maximum atomic E-state index is 5.67. The summed E-state index contributed by atoms with van der Waals surface area (Å²) in [5.41, 5.74) is 8.04. The molecule has 20 heavy (non-hydrogen) atoms. The van der Waals surface area contributed by atoms with Gasteiger partial charge in [-0.3, -0.25) is 0 Å². The highest BCUT2D eigenvalue weighted by Crippen LogP contribution is 2.15. The van der Waals surface area contributed by atoms with Gasteiger partial charge in [-0.05, 0) is 17.2 Å². The highest BCUT2D eigenvalue weighted by molar-refractivity contribution is 5.43. The maximum Gasteiger partial charge on any atom is 0.226 e. The minimum Gasteiger partial charge on any atom is -0.355 e. The zero-order chi connectivity index (χ0) is 14.5. The molecule has 0 amide bonds. The van der Waals surface area contributed by atoms with E-state index in [0.717, 1.165) is 17.9 Å². The SMILES string of the molecule is CN(C)c1nccc(N(C)Cc2cccc(CN)c2)n1.